The van der Waals surface area contributed by atoms with E-state index in [1.54, 1.807) is 0 Å². The molecular weight excluding hydrogens is 536 g/mol. The second-order valence-corrected chi connectivity index (χ2v) is 11.7. The predicted molar refractivity (Wildman–Crippen MR) is 184 cm³/mol. The lowest BCUT2D eigenvalue weighted by Gasteiger charge is -2.16. The summed E-state index contributed by atoms with van der Waals surface area (Å²) in [4.78, 5) is 0. The van der Waals surface area contributed by atoms with Crippen molar-refractivity contribution in [3.8, 4) is 33.6 Å². The minimum Gasteiger partial charge on any atom is -0.456 e. The molecule has 10 rings (SSSR count). The van der Waals surface area contributed by atoms with Gasteiger partial charge >= 0.3 is 0 Å². The van der Waals surface area contributed by atoms with Crippen LogP contribution in [0.1, 0.15) is 0 Å². The molecule has 44 heavy (non-hydrogen) atoms. The zero-order valence-corrected chi connectivity index (χ0v) is 23.7. The molecule has 0 aliphatic heterocycles. The molecule has 0 radical (unpaired) electrons. The lowest BCUT2D eigenvalue weighted by molar-refractivity contribution is 0.626. The number of benzene rings is 8. The molecule has 0 saturated carbocycles. The van der Waals surface area contributed by atoms with E-state index < -0.39 is 0 Å². The largest absolute Gasteiger partial charge is 0.456 e. The van der Waals surface area contributed by atoms with Crippen molar-refractivity contribution < 1.29 is 8.83 Å². The summed E-state index contributed by atoms with van der Waals surface area (Å²) in [5, 5.41) is 11.0. The maximum atomic E-state index is 6.42. The van der Waals surface area contributed by atoms with E-state index in [1.807, 2.05) is 18.2 Å². The Labute approximate surface area is 252 Å². The van der Waals surface area contributed by atoms with Gasteiger partial charge in [-0.05, 0) is 84.9 Å². The molecule has 2 heteroatoms. The second kappa shape index (κ2) is 8.82. The van der Waals surface area contributed by atoms with Gasteiger partial charge < -0.3 is 8.83 Å². The van der Waals surface area contributed by atoms with Crippen LogP contribution < -0.4 is 0 Å². The normalized spacial score (nSPS) is 12.1. The van der Waals surface area contributed by atoms with E-state index in [4.69, 9.17) is 8.83 Å². The average molecular weight is 561 g/mol. The fraction of sp³-hybridized carbons (Fsp3) is 0. The number of para-hydroxylation sites is 2. The van der Waals surface area contributed by atoms with Crippen molar-refractivity contribution in [1.29, 1.82) is 0 Å². The first kappa shape index (κ1) is 23.7. The Hall–Kier alpha value is -5.86. The highest BCUT2D eigenvalue weighted by atomic mass is 16.3. The SMILES string of the molecule is c1ccc(-c2ccc3ccc4c(-c5ccc6oc(-c7cccc8c7oc7ccccc78)cc6c5)ccc5ccc2c3c54)cc1. The third-order valence-electron chi connectivity index (χ3n) is 9.25. The van der Waals surface area contributed by atoms with Gasteiger partial charge in [0.2, 0.25) is 0 Å². The van der Waals surface area contributed by atoms with E-state index in [1.165, 1.54) is 54.6 Å². The fourth-order valence-electron chi connectivity index (χ4n) is 7.21. The number of furan rings is 2. The van der Waals surface area contributed by atoms with Crippen molar-refractivity contribution in [1.82, 2.24) is 0 Å². The van der Waals surface area contributed by atoms with Crippen molar-refractivity contribution >= 4 is 65.2 Å². The van der Waals surface area contributed by atoms with Crippen LogP contribution in [0.2, 0.25) is 0 Å². The lowest BCUT2D eigenvalue weighted by atomic mass is 9.87. The molecule has 0 aliphatic rings. The minimum absolute atomic E-state index is 0.811. The molecule has 0 bridgehead atoms. The fourth-order valence-corrected chi connectivity index (χ4v) is 7.21. The average Bonchev–Trinajstić information content (AvgIpc) is 3.69. The van der Waals surface area contributed by atoms with Gasteiger partial charge in [-0.25, -0.2) is 0 Å². The van der Waals surface area contributed by atoms with Gasteiger partial charge in [0.15, 0.2) is 0 Å². The van der Waals surface area contributed by atoms with Gasteiger partial charge in [-0.15, -0.1) is 0 Å². The van der Waals surface area contributed by atoms with E-state index in [-0.39, 0.29) is 0 Å². The molecular formula is C42H24O2. The van der Waals surface area contributed by atoms with Crippen LogP contribution in [0.5, 0.6) is 0 Å². The minimum atomic E-state index is 0.811. The summed E-state index contributed by atoms with van der Waals surface area (Å²) in [6.45, 7) is 0. The van der Waals surface area contributed by atoms with Crippen LogP contribution in [-0.2, 0) is 0 Å². The number of fused-ring (bicyclic) bond motifs is 4. The van der Waals surface area contributed by atoms with Crippen molar-refractivity contribution in [2.75, 3.05) is 0 Å². The van der Waals surface area contributed by atoms with E-state index in [2.05, 4.69) is 127 Å². The Balaban J connectivity index is 1.15. The topological polar surface area (TPSA) is 26.3 Å². The Morgan fingerprint density at radius 1 is 0.341 bits per heavy atom. The molecule has 2 heterocycles. The number of hydrogen-bond acceptors (Lipinski definition) is 2. The van der Waals surface area contributed by atoms with Crippen molar-refractivity contribution in [3.63, 3.8) is 0 Å². The maximum absolute atomic E-state index is 6.42. The van der Waals surface area contributed by atoms with Crippen LogP contribution in [0, 0.1) is 0 Å². The zero-order valence-electron chi connectivity index (χ0n) is 23.7. The molecule has 204 valence electrons. The van der Waals surface area contributed by atoms with Crippen molar-refractivity contribution in [3.05, 3.63) is 146 Å². The molecule has 10 aromatic rings. The Morgan fingerprint density at radius 3 is 1.82 bits per heavy atom. The monoisotopic (exact) mass is 560 g/mol. The highest BCUT2D eigenvalue weighted by molar-refractivity contribution is 6.27. The molecule has 2 aromatic heterocycles. The smallest absolute Gasteiger partial charge is 0.146 e. The molecule has 0 saturated heterocycles. The van der Waals surface area contributed by atoms with Crippen LogP contribution in [0.25, 0.3) is 98.8 Å². The third-order valence-corrected chi connectivity index (χ3v) is 9.25. The standard InChI is InChI=1S/C42H24O2/c1-2-7-25(8-3-1)30-18-13-26-16-21-34-31(19-14-27-15-20-33(30)40(26)41(27)34)28-17-22-37-29(23-28)24-39(43-37)36-11-6-10-35-32-9-4-5-12-38(32)44-42(35)36/h1-24H. The molecule has 0 fully saturated rings. The zero-order chi connectivity index (χ0) is 28.8. The van der Waals surface area contributed by atoms with E-state index in [0.29, 0.717) is 0 Å². The van der Waals surface area contributed by atoms with E-state index in [9.17, 15) is 0 Å². The summed E-state index contributed by atoms with van der Waals surface area (Å²) in [6.07, 6.45) is 0. The summed E-state index contributed by atoms with van der Waals surface area (Å²) in [6, 6.07) is 52.0. The Morgan fingerprint density at radius 2 is 1.02 bits per heavy atom. The van der Waals surface area contributed by atoms with Crippen LogP contribution in [0.3, 0.4) is 0 Å². The van der Waals surface area contributed by atoms with Gasteiger partial charge in [0.25, 0.3) is 0 Å². The first-order valence-corrected chi connectivity index (χ1v) is 15.0. The summed E-state index contributed by atoms with van der Waals surface area (Å²) in [5.74, 6) is 0.811. The molecule has 0 atom stereocenters. The Kier molecular flexibility index (Phi) is 4.75. The van der Waals surface area contributed by atoms with Gasteiger partial charge in [-0.2, -0.15) is 0 Å². The first-order chi connectivity index (χ1) is 21.8. The summed E-state index contributed by atoms with van der Waals surface area (Å²) < 4.78 is 12.7. The predicted octanol–water partition coefficient (Wildman–Crippen LogP) is 12.2. The third kappa shape index (κ3) is 3.31. The molecule has 0 N–H and O–H groups in total. The van der Waals surface area contributed by atoms with Crippen LogP contribution in [0.4, 0.5) is 0 Å². The van der Waals surface area contributed by atoms with Crippen LogP contribution >= 0.6 is 0 Å². The summed E-state index contributed by atoms with van der Waals surface area (Å²) in [5.41, 5.74) is 8.48. The van der Waals surface area contributed by atoms with Gasteiger partial charge in [0, 0.05) is 16.2 Å². The summed E-state index contributed by atoms with van der Waals surface area (Å²) in [7, 11) is 0. The molecule has 0 unspecified atom stereocenters. The molecule has 0 aliphatic carbocycles. The molecule has 2 nitrogen and oxygen atoms in total. The van der Waals surface area contributed by atoms with Crippen molar-refractivity contribution in [2.24, 2.45) is 0 Å². The van der Waals surface area contributed by atoms with Gasteiger partial charge in [0.05, 0.1) is 5.56 Å². The highest BCUT2D eigenvalue weighted by Crippen LogP contribution is 2.43. The second-order valence-electron chi connectivity index (χ2n) is 11.7. The van der Waals surface area contributed by atoms with Gasteiger partial charge in [-0.1, -0.05) is 115 Å². The van der Waals surface area contributed by atoms with Crippen molar-refractivity contribution in [2.45, 2.75) is 0 Å². The van der Waals surface area contributed by atoms with E-state index in [0.717, 1.165) is 44.2 Å². The molecule has 0 spiro atoms. The lowest BCUT2D eigenvalue weighted by Crippen LogP contribution is -1.89. The van der Waals surface area contributed by atoms with E-state index >= 15 is 0 Å². The molecule has 8 aromatic carbocycles. The first-order valence-electron chi connectivity index (χ1n) is 15.0. The van der Waals surface area contributed by atoms with Crippen LogP contribution in [-0.4, -0.2) is 0 Å². The quantitative estimate of drug-likeness (QED) is 0.201. The Bertz CT molecular complexity index is 2710. The molecule has 0 amide bonds. The van der Waals surface area contributed by atoms with Gasteiger partial charge in [-0.3, -0.25) is 0 Å². The number of hydrogen-bond donors (Lipinski definition) is 0. The highest BCUT2D eigenvalue weighted by Gasteiger charge is 2.17. The summed E-state index contributed by atoms with van der Waals surface area (Å²) >= 11 is 0. The van der Waals surface area contributed by atoms with Crippen LogP contribution in [0.15, 0.2) is 154 Å². The maximum Gasteiger partial charge on any atom is 0.146 e. The number of rotatable bonds is 3. The van der Waals surface area contributed by atoms with Gasteiger partial charge in [0.1, 0.15) is 22.5 Å².